The van der Waals surface area contributed by atoms with E-state index < -0.39 is 6.09 Å². The Kier molecular flexibility index (Phi) is 5.97. The molecule has 0 bridgehead atoms. The van der Waals surface area contributed by atoms with Crippen molar-refractivity contribution in [3.8, 4) is 5.75 Å². The molecule has 0 aromatic heterocycles. The Hall–Kier alpha value is -2.34. The molecule has 6 heteroatoms. The second kappa shape index (κ2) is 8.19. The van der Waals surface area contributed by atoms with E-state index in [1.165, 1.54) is 0 Å². The Bertz CT molecular complexity index is 630. The van der Waals surface area contributed by atoms with Crippen molar-refractivity contribution in [1.29, 1.82) is 0 Å². The minimum atomic E-state index is -0.552. The van der Waals surface area contributed by atoms with Crippen molar-refractivity contribution in [3.63, 3.8) is 0 Å². The van der Waals surface area contributed by atoms with Gasteiger partial charge in [0.1, 0.15) is 5.75 Å². The number of amides is 2. The van der Waals surface area contributed by atoms with Gasteiger partial charge in [0.15, 0.2) is 0 Å². The molecule has 0 radical (unpaired) electrons. The van der Waals surface area contributed by atoms with Gasteiger partial charge in [0.2, 0.25) is 0 Å². The van der Waals surface area contributed by atoms with Gasteiger partial charge in [0.05, 0.1) is 0 Å². The average molecular weight is 363 g/mol. The van der Waals surface area contributed by atoms with Crippen molar-refractivity contribution in [2.24, 2.45) is 0 Å². The molecule has 0 aliphatic rings. The van der Waals surface area contributed by atoms with Crippen molar-refractivity contribution in [1.82, 2.24) is 10.6 Å². The smallest absolute Gasteiger partial charge is 0.410 e. The Labute approximate surface area is 136 Å². The summed E-state index contributed by atoms with van der Waals surface area (Å²) in [5, 5.41) is 5.28. The number of ether oxygens (including phenoxy) is 1. The summed E-state index contributed by atoms with van der Waals surface area (Å²) in [7, 11) is 0. The van der Waals surface area contributed by atoms with Gasteiger partial charge in [0.25, 0.3) is 5.91 Å². The Morgan fingerprint density at radius 1 is 0.909 bits per heavy atom. The zero-order valence-corrected chi connectivity index (χ0v) is 13.3. The fourth-order valence-corrected chi connectivity index (χ4v) is 1.94. The molecular formula is C16H15BrN2O3. The molecule has 0 saturated heterocycles. The number of rotatable bonds is 5. The van der Waals surface area contributed by atoms with Crippen LogP contribution in [0.5, 0.6) is 5.75 Å². The quantitative estimate of drug-likeness (QED) is 0.803. The summed E-state index contributed by atoms with van der Waals surface area (Å²) in [6.07, 6.45) is -0.552. The standard InChI is InChI=1S/C16H15BrN2O3/c17-13-8-6-12(7-9-13)15(20)18-10-11-19-16(21)22-14-4-2-1-3-5-14/h1-9H,10-11H2,(H,18,20)(H,19,21). The summed E-state index contributed by atoms with van der Waals surface area (Å²) in [6.45, 7) is 0.604. The third-order valence-corrected chi connectivity index (χ3v) is 3.27. The monoisotopic (exact) mass is 362 g/mol. The molecule has 0 atom stereocenters. The molecule has 0 spiro atoms. The number of carbonyl (C=O) groups is 2. The van der Waals surface area contributed by atoms with Gasteiger partial charge >= 0.3 is 6.09 Å². The van der Waals surface area contributed by atoms with Crippen molar-refractivity contribution in [2.45, 2.75) is 0 Å². The van der Waals surface area contributed by atoms with Crippen LogP contribution in [0.2, 0.25) is 0 Å². The summed E-state index contributed by atoms with van der Waals surface area (Å²) >= 11 is 3.31. The summed E-state index contributed by atoms with van der Waals surface area (Å²) in [4.78, 5) is 23.3. The minimum Gasteiger partial charge on any atom is -0.410 e. The SMILES string of the molecule is O=C(NCCNC(=O)c1ccc(Br)cc1)Oc1ccccc1. The molecule has 2 aromatic carbocycles. The maximum Gasteiger partial charge on any atom is 0.412 e. The second-order valence-electron chi connectivity index (χ2n) is 4.39. The lowest BCUT2D eigenvalue weighted by atomic mass is 10.2. The third kappa shape index (κ3) is 5.21. The van der Waals surface area contributed by atoms with Crippen LogP contribution in [0, 0.1) is 0 Å². The molecule has 0 aliphatic carbocycles. The van der Waals surface area contributed by atoms with Crippen LogP contribution in [0.25, 0.3) is 0 Å². The van der Waals surface area contributed by atoms with Crippen LogP contribution in [-0.4, -0.2) is 25.1 Å². The zero-order chi connectivity index (χ0) is 15.8. The number of nitrogens with one attached hydrogen (secondary N) is 2. The second-order valence-corrected chi connectivity index (χ2v) is 5.31. The van der Waals surface area contributed by atoms with E-state index in [4.69, 9.17) is 4.74 Å². The van der Waals surface area contributed by atoms with Gasteiger partial charge in [-0.15, -0.1) is 0 Å². The Balaban J connectivity index is 1.67. The first-order valence-electron chi connectivity index (χ1n) is 6.69. The van der Waals surface area contributed by atoms with E-state index in [-0.39, 0.29) is 12.5 Å². The van der Waals surface area contributed by atoms with Crippen LogP contribution in [0.4, 0.5) is 4.79 Å². The highest BCUT2D eigenvalue weighted by molar-refractivity contribution is 9.10. The lowest BCUT2D eigenvalue weighted by Crippen LogP contribution is -2.36. The molecule has 2 N–H and O–H groups in total. The van der Waals surface area contributed by atoms with Crippen LogP contribution in [0.3, 0.4) is 0 Å². The van der Waals surface area contributed by atoms with E-state index in [2.05, 4.69) is 26.6 Å². The van der Waals surface area contributed by atoms with Gasteiger partial charge in [0, 0.05) is 23.1 Å². The fraction of sp³-hybridized carbons (Fsp3) is 0.125. The predicted octanol–water partition coefficient (Wildman–Crippen LogP) is 2.97. The van der Waals surface area contributed by atoms with Gasteiger partial charge in [-0.05, 0) is 36.4 Å². The number of benzene rings is 2. The highest BCUT2D eigenvalue weighted by Crippen LogP contribution is 2.10. The fourth-order valence-electron chi connectivity index (χ4n) is 1.68. The zero-order valence-electron chi connectivity index (χ0n) is 11.7. The Morgan fingerprint density at radius 2 is 1.55 bits per heavy atom. The predicted molar refractivity (Wildman–Crippen MR) is 86.9 cm³/mol. The summed E-state index contributed by atoms with van der Waals surface area (Å²) in [6, 6.07) is 15.8. The maximum absolute atomic E-state index is 11.8. The highest BCUT2D eigenvalue weighted by Gasteiger charge is 2.06. The van der Waals surface area contributed by atoms with Gasteiger partial charge in [-0.3, -0.25) is 4.79 Å². The number of halogens is 1. The molecule has 5 nitrogen and oxygen atoms in total. The first kappa shape index (κ1) is 16.0. The molecule has 2 amide bonds. The third-order valence-electron chi connectivity index (χ3n) is 2.74. The molecule has 22 heavy (non-hydrogen) atoms. The van der Waals surface area contributed by atoms with Gasteiger partial charge in [-0.25, -0.2) is 4.79 Å². The molecule has 114 valence electrons. The lowest BCUT2D eigenvalue weighted by molar-refractivity contribution is 0.0953. The number of carbonyl (C=O) groups excluding carboxylic acids is 2. The number of hydrogen-bond donors (Lipinski definition) is 2. The lowest BCUT2D eigenvalue weighted by Gasteiger charge is -2.08. The number of hydrogen-bond acceptors (Lipinski definition) is 3. The maximum atomic E-state index is 11.8. The van der Waals surface area contributed by atoms with Crippen LogP contribution < -0.4 is 15.4 Å². The molecule has 0 fully saturated rings. The van der Waals surface area contributed by atoms with Crippen LogP contribution in [0.15, 0.2) is 59.1 Å². The van der Waals surface area contributed by atoms with E-state index in [0.29, 0.717) is 17.9 Å². The molecule has 0 saturated carbocycles. The van der Waals surface area contributed by atoms with Crippen LogP contribution >= 0.6 is 15.9 Å². The highest BCUT2D eigenvalue weighted by atomic mass is 79.9. The average Bonchev–Trinajstić information content (AvgIpc) is 2.53. The van der Waals surface area contributed by atoms with E-state index in [1.54, 1.807) is 48.5 Å². The molecule has 2 aromatic rings. The van der Waals surface area contributed by atoms with Crippen molar-refractivity contribution in [2.75, 3.05) is 13.1 Å². The van der Waals surface area contributed by atoms with E-state index in [9.17, 15) is 9.59 Å². The van der Waals surface area contributed by atoms with E-state index in [1.807, 2.05) is 6.07 Å². The van der Waals surface area contributed by atoms with Crippen molar-refractivity contribution < 1.29 is 14.3 Å². The first-order chi connectivity index (χ1) is 10.6. The molecule has 0 heterocycles. The summed E-state index contributed by atoms with van der Waals surface area (Å²) in [5.41, 5.74) is 0.565. The molecule has 0 unspecified atom stereocenters. The normalized spacial score (nSPS) is 9.86. The van der Waals surface area contributed by atoms with Crippen LogP contribution in [-0.2, 0) is 0 Å². The Morgan fingerprint density at radius 3 is 2.23 bits per heavy atom. The van der Waals surface area contributed by atoms with E-state index in [0.717, 1.165) is 4.47 Å². The first-order valence-corrected chi connectivity index (χ1v) is 7.49. The topological polar surface area (TPSA) is 67.4 Å². The molecule has 0 aliphatic heterocycles. The summed E-state index contributed by atoms with van der Waals surface area (Å²) in [5.74, 6) is 0.282. The molecular weight excluding hydrogens is 348 g/mol. The van der Waals surface area contributed by atoms with Crippen molar-refractivity contribution >= 4 is 27.9 Å². The van der Waals surface area contributed by atoms with E-state index >= 15 is 0 Å². The summed E-state index contributed by atoms with van der Waals surface area (Å²) < 4.78 is 5.96. The van der Waals surface area contributed by atoms with Gasteiger partial charge in [-0.1, -0.05) is 34.1 Å². The number of para-hydroxylation sites is 1. The largest absolute Gasteiger partial charge is 0.412 e. The van der Waals surface area contributed by atoms with Crippen LogP contribution in [0.1, 0.15) is 10.4 Å². The van der Waals surface area contributed by atoms with Gasteiger partial charge in [-0.2, -0.15) is 0 Å². The molecule has 2 rings (SSSR count). The van der Waals surface area contributed by atoms with Gasteiger partial charge < -0.3 is 15.4 Å². The minimum absolute atomic E-state index is 0.189. The van der Waals surface area contributed by atoms with Crippen molar-refractivity contribution in [3.05, 3.63) is 64.6 Å².